The summed E-state index contributed by atoms with van der Waals surface area (Å²) in [6.45, 7) is 6.08. The predicted octanol–water partition coefficient (Wildman–Crippen LogP) is 3.11. The molecule has 2 rings (SSSR count). The van der Waals surface area contributed by atoms with Crippen molar-refractivity contribution in [2.75, 3.05) is 26.8 Å². The zero-order valence-corrected chi connectivity index (χ0v) is 15.6. The Morgan fingerprint density at radius 3 is 2.71 bits per heavy atom. The molecule has 0 aromatic heterocycles. The fourth-order valence-corrected chi connectivity index (χ4v) is 2.86. The van der Waals surface area contributed by atoms with Crippen LogP contribution in [0.15, 0.2) is 18.2 Å². The molecule has 6 heteroatoms. The Balaban J connectivity index is 0.00000288. The van der Waals surface area contributed by atoms with Crippen LogP contribution in [0.1, 0.15) is 43.5 Å². The van der Waals surface area contributed by atoms with Crippen LogP contribution < -0.4 is 15.2 Å². The zero-order chi connectivity index (χ0) is 16.8. The van der Waals surface area contributed by atoms with E-state index in [0.717, 1.165) is 25.8 Å². The Labute approximate surface area is 150 Å². The molecule has 1 heterocycles. The molecule has 1 amide bonds. The highest BCUT2D eigenvalue weighted by Crippen LogP contribution is 2.30. The standard InChI is InChI=1S/C18H28N2O3.ClH/c1-13(2)12-23-16-8-7-14(10-17(16)22-3)18(21)20-9-5-4-6-15(20)11-19;/h7-8,10,13,15H,4-6,9,11-12,19H2,1-3H3;1H. The van der Waals surface area contributed by atoms with Gasteiger partial charge in [-0.05, 0) is 43.4 Å². The smallest absolute Gasteiger partial charge is 0.254 e. The minimum Gasteiger partial charge on any atom is -0.493 e. The number of ether oxygens (including phenoxy) is 2. The van der Waals surface area contributed by atoms with E-state index in [0.29, 0.717) is 36.1 Å². The third kappa shape index (κ3) is 5.02. The van der Waals surface area contributed by atoms with Crippen LogP contribution in [0.2, 0.25) is 0 Å². The Morgan fingerprint density at radius 2 is 2.08 bits per heavy atom. The maximum Gasteiger partial charge on any atom is 0.254 e. The second kappa shape index (κ2) is 9.74. The van der Waals surface area contributed by atoms with Gasteiger partial charge >= 0.3 is 0 Å². The Hall–Kier alpha value is -1.46. The van der Waals surface area contributed by atoms with Gasteiger partial charge in [0.25, 0.3) is 5.91 Å². The minimum absolute atomic E-state index is 0. The largest absolute Gasteiger partial charge is 0.493 e. The van der Waals surface area contributed by atoms with Crippen molar-refractivity contribution >= 4 is 18.3 Å². The first kappa shape index (κ1) is 20.6. The molecule has 0 saturated carbocycles. The fraction of sp³-hybridized carbons (Fsp3) is 0.611. The molecule has 0 aliphatic carbocycles. The maximum absolute atomic E-state index is 12.8. The molecule has 0 spiro atoms. The Morgan fingerprint density at radius 1 is 1.33 bits per heavy atom. The summed E-state index contributed by atoms with van der Waals surface area (Å²) in [5, 5.41) is 0. The van der Waals surface area contributed by atoms with Crippen molar-refractivity contribution < 1.29 is 14.3 Å². The summed E-state index contributed by atoms with van der Waals surface area (Å²) in [6, 6.07) is 5.53. The number of likely N-dealkylation sites (tertiary alicyclic amines) is 1. The van der Waals surface area contributed by atoms with E-state index in [1.54, 1.807) is 13.2 Å². The van der Waals surface area contributed by atoms with E-state index < -0.39 is 0 Å². The van der Waals surface area contributed by atoms with Gasteiger partial charge in [0, 0.05) is 24.7 Å². The number of hydrogen-bond acceptors (Lipinski definition) is 4. The van der Waals surface area contributed by atoms with Crippen molar-refractivity contribution in [2.24, 2.45) is 11.7 Å². The SMILES string of the molecule is COc1cc(C(=O)N2CCCCC2CN)ccc1OCC(C)C.Cl. The molecule has 2 N–H and O–H groups in total. The Kier molecular flexibility index (Phi) is 8.36. The molecule has 0 radical (unpaired) electrons. The van der Waals surface area contributed by atoms with Crippen LogP contribution in [-0.4, -0.2) is 43.7 Å². The summed E-state index contributed by atoms with van der Waals surface area (Å²) in [7, 11) is 1.59. The second-order valence-corrected chi connectivity index (χ2v) is 6.45. The molecule has 1 aliphatic rings. The summed E-state index contributed by atoms with van der Waals surface area (Å²) >= 11 is 0. The summed E-state index contributed by atoms with van der Waals surface area (Å²) < 4.78 is 11.1. The molecule has 0 bridgehead atoms. The van der Waals surface area contributed by atoms with Gasteiger partial charge in [-0.1, -0.05) is 13.8 Å². The van der Waals surface area contributed by atoms with Crippen molar-refractivity contribution in [3.8, 4) is 11.5 Å². The van der Waals surface area contributed by atoms with Gasteiger partial charge < -0.3 is 20.1 Å². The lowest BCUT2D eigenvalue weighted by atomic mass is 10.0. The molecule has 24 heavy (non-hydrogen) atoms. The lowest BCUT2D eigenvalue weighted by Crippen LogP contribution is -2.47. The number of methoxy groups -OCH3 is 1. The number of benzene rings is 1. The Bertz CT molecular complexity index is 537. The number of hydrogen-bond donors (Lipinski definition) is 1. The third-order valence-electron chi connectivity index (χ3n) is 4.14. The molecule has 1 fully saturated rings. The monoisotopic (exact) mass is 356 g/mol. The molecule has 1 aliphatic heterocycles. The number of carbonyl (C=O) groups excluding carboxylic acids is 1. The summed E-state index contributed by atoms with van der Waals surface area (Å²) in [5.74, 6) is 1.72. The lowest BCUT2D eigenvalue weighted by molar-refractivity contribution is 0.0623. The molecular weight excluding hydrogens is 328 g/mol. The molecule has 136 valence electrons. The predicted molar refractivity (Wildman–Crippen MR) is 98.3 cm³/mol. The van der Waals surface area contributed by atoms with Crippen molar-refractivity contribution in [2.45, 2.75) is 39.2 Å². The van der Waals surface area contributed by atoms with Crippen molar-refractivity contribution in [3.05, 3.63) is 23.8 Å². The number of nitrogens with two attached hydrogens (primary N) is 1. The number of nitrogens with zero attached hydrogens (tertiary/aromatic N) is 1. The fourth-order valence-electron chi connectivity index (χ4n) is 2.86. The number of carbonyl (C=O) groups is 1. The van der Waals surface area contributed by atoms with E-state index in [-0.39, 0.29) is 24.4 Å². The first-order valence-corrected chi connectivity index (χ1v) is 8.38. The van der Waals surface area contributed by atoms with E-state index >= 15 is 0 Å². The number of amides is 1. The van der Waals surface area contributed by atoms with Crippen molar-refractivity contribution in [1.82, 2.24) is 4.90 Å². The first-order valence-electron chi connectivity index (χ1n) is 8.38. The third-order valence-corrected chi connectivity index (χ3v) is 4.14. The summed E-state index contributed by atoms with van der Waals surface area (Å²) in [6.07, 6.45) is 3.15. The van der Waals surface area contributed by atoms with E-state index in [2.05, 4.69) is 13.8 Å². The van der Waals surface area contributed by atoms with Gasteiger partial charge in [0.05, 0.1) is 13.7 Å². The van der Waals surface area contributed by atoms with Gasteiger partial charge in [-0.25, -0.2) is 0 Å². The molecule has 1 atom stereocenters. The highest BCUT2D eigenvalue weighted by atomic mass is 35.5. The van der Waals surface area contributed by atoms with Gasteiger partial charge in [-0.3, -0.25) is 4.79 Å². The average molecular weight is 357 g/mol. The van der Waals surface area contributed by atoms with Gasteiger partial charge in [-0.2, -0.15) is 0 Å². The molecule has 1 aromatic rings. The van der Waals surface area contributed by atoms with Crippen molar-refractivity contribution in [3.63, 3.8) is 0 Å². The maximum atomic E-state index is 12.8. The molecule has 1 aromatic carbocycles. The van der Waals surface area contributed by atoms with E-state index in [9.17, 15) is 4.79 Å². The molecular formula is C18H29ClN2O3. The number of rotatable bonds is 6. The highest BCUT2D eigenvalue weighted by molar-refractivity contribution is 5.95. The number of piperidine rings is 1. The minimum atomic E-state index is 0. The normalized spacial score (nSPS) is 17.4. The quantitative estimate of drug-likeness (QED) is 0.850. The van der Waals surface area contributed by atoms with Gasteiger partial charge in [0.2, 0.25) is 0 Å². The van der Waals surface area contributed by atoms with E-state index in [4.69, 9.17) is 15.2 Å². The van der Waals surface area contributed by atoms with Crippen LogP contribution in [0.4, 0.5) is 0 Å². The molecule has 1 unspecified atom stereocenters. The lowest BCUT2D eigenvalue weighted by Gasteiger charge is -2.35. The second-order valence-electron chi connectivity index (χ2n) is 6.45. The molecule has 1 saturated heterocycles. The summed E-state index contributed by atoms with van der Waals surface area (Å²) in [5.41, 5.74) is 6.44. The molecule has 5 nitrogen and oxygen atoms in total. The summed E-state index contributed by atoms with van der Waals surface area (Å²) in [4.78, 5) is 14.7. The van der Waals surface area contributed by atoms with Crippen LogP contribution >= 0.6 is 12.4 Å². The van der Waals surface area contributed by atoms with E-state index in [1.165, 1.54) is 0 Å². The van der Waals surface area contributed by atoms with Crippen LogP contribution in [0.3, 0.4) is 0 Å². The highest BCUT2D eigenvalue weighted by Gasteiger charge is 2.27. The first-order chi connectivity index (χ1) is 11.1. The van der Waals surface area contributed by atoms with Gasteiger partial charge in [0.1, 0.15) is 0 Å². The van der Waals surface area contributed by atoms with Gasteiger partial charge in [0.15, 0.2) is 11.5 Å². The van der Waals surface area contributed by atoms with Crippen molar-refractivity contribution in [1.29, 1.82) is 0 Å². The van der Waals surface area contributed by atoms with Gasteiger partial charge in [-0.15, -0.1) is 12.4 Å². The average Bonchev–Trinajstić information content (AvgIpc) is 2.59. The van der Waals surface area contributed by atoms with Crippen LogP contribution in [-0.2, 0) is 0 Å². The van der Waals surface area contributed by atoms with Crippen LogP contribution in [0.5, 0.6) is 11.5 Å². The zero-order valence-electron chi connectivity index (χ0n) is 14.8. The topological polar surface area (TPSA) is 64.8 Å². The number of halogens is 1. The van der Waals surface area contributed by atoms with Crippen LogP contribution in [0.25, 0.3) is 0 Å². The van der Waals surface area contributed by atoms with E-state index in [1.807, 2.05) is 17.0 Å². The van der Waals surface area contributed by atoms with Crippen LogP contribution in [0, 0.1) is 5.92 Å².